The van der Waals surface area contributed by atoms with Crippen molar-refractivity contribution < 1.29 is 28.6 Å². The van der Waals surface area contributed by atoms with E-state index in [0.29, 0.717) is 19.3 Å². The molecule has 0 spiro atoms. The molecular weight excluding hydrogens is 781 g/mol. The van der Waals surface area contributed by atoms with Crippen LogP contribution in [-0.2, 0) is 28.6 Å². The number of hydrogen-bond donors (Lipinski definition) is 0. The highest BCUT2D eigenvalue weighted by Crippen LogP contribution is 2.16. The lowest BCUT2D eigenvalue weighted by Gasteiger charge is -2.18. The number of allylic oxidation sites excluding steroid dienone is 6. The summed E-state index contributed by atoms with van der Waals surface area (Å²) in [4.78, 5) is 38.0. The summed E-state index contributed by atoms with van der Waals surface area (Å²) < 4.78 is 16.8. The Labute approximate surface area is 391 Å². The zero-order valence-corrected chi connectivity index (χ0v) is 42.1. The Morgan fingerprint density at radius 3 is 0.984 bits per heavy atom. The van der Waals surface area contributed by atoms with Crippen molar-refractivity contribution in [1.29, 1.82) is 0 Å². The molecular formula is C57H104O6. The molecule has 6 heteroatoms. The average Bonchev–Trinajstić information content (AvgIpc) is 3.28. The molecule has 0 aliphatic carbocycles. The molecule has 0 saturated carbocycles. The highest BCUT2D eigenvalue weighted by Gasteiger charge is 2.19. The number of carbonyl (C=O) groups is 3. The van der Waals surface area contributed by atoms with Gasteiger partial charge in [-0.1, -0.05) is 243 Å². The van der Waals surface area contributed by atoms with Gasteiger partial charge in [0.1, 0.15) is 13.2 Å². The second-order valence-corrected chi connectivity index (χ2v) is 18.5. The van der Waals surface area contributed by atoms with Crippen LogP contribution in [-0.4, -0.2) is 37.2 Å². The first-order valence-electron chi connectivity index (χ1n) is 27.5. The summed E-state index contributed by atoms with van der Waals surface area (Å²) in [5, 5.41) is 0. The van der Waals surface area contributed by atoms with Crippen molar-refractivity contribution in [2.75, 3.05) is 13.2 Å². The lowest BCUT2D eigenvalue weighted by atomic mass is 10.0. The third-order valence-corrected chi connectivity index (χ3v) is 12.1. The highest BCUT2D eigenvalue weighted by molar-refractivity contribution is 5.71. The van der Waals surface area contributed by atoms with Gasteiger partial charge in [-0.25, -0.2) is 0 Å². The van der Waals surface area contributed by atoms with E-state index < -0.39 is 6.10 Å². The van der Waals surface area contributed by atoms with E-state index in [9.17, 15) is 14.4 Å². The number of esters is 3. The van der Waals surface area contributed by atoms with Gasteiger partial charge in [0.15, 0.2) is 6.10 Å². The van der Waals surface area contributed by atoms with Gasteiger partial charge in [-0.05, 0) is 64.2 Å². The molecule has 63 heavy (non-hydrogen) atoms. The van der Waals surface area contributed by atoms with E-state index in [1.54, 1.807) is 0 Å². The van der Waals surface area contributed by atoms with Gasteiger partial charge in [0.05, 0.1) is 0 Å². The van der Waals surface area contributed by atoms with E-state index in [2.05, 4.69) is 51.2 Å². The molecule has 0 bridgehead atoms. The monoisotopic (exact) mass is 885 g/mol. The zero-order chi connectivity index (χ0) is 45.8. The summed E-state index contributed by atoms with van der Waals surface area (Å²) in [5.74, 6) is -0.954. The van der Waals surface area contributed by atoms with Crippen LogP contribution in [0.2, 0.25) is 0 Å². The Balaban J connectivity index is 4.40. The predicted octanol–water partition coefficient (Wildman–Crippen LogP) is 18.1. The maximum atomic E-state index is 12.8. The second-order valence-electron chi connectivity index (χ2n) is 18.5. The molecule has 0 radical (unpaired) electrons. The number of carbonyl (C=O) groups excluding carboxylic acids is 3. The molecule has 0 fully saturated rings. The van der Waals surface area contributed by atoms with Crippen LogP contribution in [0.25, 0.3) is 0 Å². The van der Waals surface area contributed by atoms with Gasteiger partial charge >= 0.3 is 17.9 Å². The first-order valence-corrected chi connectivity index (χ1v) is 27.5. The van der Waals surface area contributed by atoms with E-state index in [0.717, 1.165) is 57.8 Å². The average molecular weight is 885 g/mol. The van der Waals surface area contributed by atoms with Crippen molar-refractivity contribution in [2.45, 2.75) is 297 Å². The maximum absolute atomic E-state index is 12.8. The van der Waals surface area contributed by atoms with Crippen molar-refractivity contribution in [3.8, 4) is 0 Å². The summed E-state index contributed by atoms with van der Waals surface area (Å²) >= 11 is 0. The Hall–Kier alpha value is -2.37. The smallest absolute Gasteiger partial charge is 0.306 e. The fraction of sp³-hybridized carbons (Fsp3) is 0.842. The van der Waals surface area contributed by atoms with Gasteiger partial charge in [0.25, 0.3) is 0 Å². The predicted molar refractivity (Wildman–Crippen MR) is 270 cm³/mol. The van der Waals surface area contributed by atoms with Gasteiger partial charge in [-0.15, -0.1) is 0 Å². The summed E-state index contributed by atoms with van der Waals surface area (Å²) in [6, 6.07) is 0. The first kappa shape index (κ1) is 60.6. The zero-order valence-electron chi connectivity index (χ0n) is 42.1. The van der Waals surface area contributed by atoms with Crippen molar-refractivity contribution in [1.82, 2.24) is 0 Å². The van der Waals surface area contributed by atoms with Crippen LogP contribution < -0.4 is 0 Å². The number of hydrogen-bond acceptors (Lipinski definition) is 6. The highest BCUT2D eigenvalue weighted by atomic mass is 16.6. The van der Waals surface area contributed by atoms with Crippen LogP contribution in [0.4, 0.5) is 0 Å². The molecule has 0 N–H and O–H groups in total. The fourth-order valence-corrected chi connectivity index (χ4v) is 7.96. The molecule has 0 aromatic rings. The van der Waals surface area contributed by atoms with E-state index in [4.69, 9.17) is 14.2 Å². The molecule has 0 amide bonds. The molecule has 0 aliphatic heterocycles. The number of unbranched alkanes of at least 4 members (excludes halogenated alkanes) is 33. The van der Waals surface area contributed by atoms with Crippen molar-refractivity contribution >= 4 is 17.9 Å². The first-order chi connectivity index (χ1) is 31.0. The van der Waals surface area contributed by atoms with Crippen LogP contribution in [0.1, 0.15) is 290 Å². The van der Waals surface area contributed by atoms with Crippen molar-refractivity contribution in [2.24, 2.45) is 0 Å². The van der Waals surface area contributed by atoms with Crippen LogP contribution >= 0.6 is 0 Å². The third-order valence-electron chi connectivity index (χ3n) is 12.1. The summed E-state index contributed by atoms with van der Waals surface area (Å²) in [6.07, 6.45) is 61.4. The van der Waals surface area contributed by atoms with Crippen LogP contribution in [0.3, 0.4) is 0 Å². The van der Waals surface area contributed by atoms with Gasteiger partial charge in [-0.3, -0.25) is 14.4 Å². The number of ether oxygens (including phenoxy) is 3. The Bertz CT molecular complexity index is 1060. The van der Waals surface area contributed by atoms with E-state index >= 15 is 0 Å². The second kappa shape index (κ2) is 52.3. The lowest BCUT2D eigenvalue weighted by molar-refractivity contribution is -0.166. The van der Waals surface area contributed by atoms with Crippen LogP contribution in [0.15, 0.2) is 36.5 Å². The van der Waals surface area contributed by atoms with E-state index in [1.807, 2.05) is 6.08 Å². The third kappa shape index (κ3) is 50.5. The Kier molecular flexibility index (Phi) is 50.3. The van der Waals surface area contributed by atoms with Gasteiger partial charge in [-0.2, -0.15) is 0 Å². The minimum atomic E-state index is -0.794. The topological polar surface area (TPSA) is 78.9 Å². The van der Waals surface area contributed by atoms with Gasteiger partial charge < -0.3 is 14.2 Å². The van der Waals surface area contributed by atoms with Crippen molar-refractivity contribution in [3.63, 3.8) is 0 Å². The minimum Gasteiger partial charge on any atom is -0.462 e. The standard InChI is InChI=1S/C57H104O6/c1-4-7-10-13-16-19-22-25-27-29-32-35-38-41-44-47-50-56(59)62-53-54(52-61-55(58)49-46-43-40-37-34-31-24-21-18-15-12-9-6-3)63-57(60)51-48-45-42-39-36-33-30-28-26-23-20-17-14-11-8-5-2/h27,29,31,34,40,43,54H,4-26,28,30,32-33,35-39,41-42,44-53H2,1-3H3/b29-27+,34-31+,43-40+. The Morgan fingerprint density at radius 1 is 0.317 bits per heavy atom. The fourth-order valence-electron chi connectivity index (χ4n) is 7.96. The van der Waals surface area contributed by atoms with E-state index in [1.165, 1.54) is 186 Å². The minimum absolute atomic E-state index is 0.0903. The molecule has 0 aliphatic rings. The van der Waals surface area contributed by atoms with Gasteiger partial charge in [0, 0.05) is 19.3 Å². The van der Waals surface area contributed by atoms with E-state index in [-0.39, 0.29) is 37.5 Å². The number of rotatable bonds is 50. The molecule has 0 rings (SSSR count). The molecule has 1 atom stereocenters. The molecule has 0 aromatic heterocycles. The quantitative estimate of drug-likeness (QED) is 0.0262. The molecule has 368 valence electrons. The molecule has 1 unspecified atom stereocenters. The largest absolute Gasteiger partial charge is 0.462 e. The molecule has 6 nitrogen and oxygen atoms in total. The molecule has 0 aromatic carbocycles. The van der Waals surface area contributed by atoms with Crippen LogP contribution in [0, 0.1) is 0 Å². The molecule has 0 saturated heterocycles. The van der Waals surface area contributed by atoms with Crippen LogP contribution in [0.5, 0.6) is 0 Å². The summed E-state index contributed by atoms with van der Waals surface area (Å²) in [6.45, 7) is 6.60. The van der Waals surface area contributed by atoms with Gasteiger partial charge in [0.2, 0.25) is 0 Å². The SMILES string of the molecule is CCCCCCCC/C=C/C/C=C/CCC(=O)OCC(COC(=O)CCCCCCC/C=C/CCCCCCCCC)OC(=O)CCCCCCCCCCCCCCCCCC. The Morgan fingerprint density at radius 2 is 0.603 bits per heavy atom. The summed E-state index contributed by atoms with van der Waals surface area (Å²) in [5.41, 5.74) is 0. The normalized spacial score (nSPS) is 12.2. The van der Waals surface area contributed by atoms with Crippen molar-refractivity contribution in [3.05, 3.63) is 36.5 Å². The lowest BCUT2D eigenvalue weighted by Crippen LogP contribution is -2.30. The molecule has 0 heterocycles. The summed E-state index contributed by atoms with van der Waals surface area (Å²) in [7, 11) is 0. The maximum Gasteiger partial charge on any atom is 0.306 e.